The standard InChI is InChI=1S/C15H18N2O2S/c1-10-7-11(2)17-15(16-10)20-9-12-5-6-13(18-3)14(8-12)19-4/h5-8H,9H2,1-4H3. The molecule has 5 heteroatoms. The van der Waals surface area contributed by atoms with Crippen molar-refractivity contribution in [1.29, 1.82) is 0 Å². The highest BCUT2D eigenvalue weighted by atomic mass is 32.2. The van der Waals surface area contributed by atoms with Crippen molar-refractivity contribution in [2.24, 2.45) is 0 Å². The van der Waals surface area contributed by atoms with Gasteiger partial charge in [-0.3, -0.25) is 0 Å². The minimum atomic E-state index is 0.740. The van der Waals surface area contributed by atoms with Gasteiger partial charge in [0.05, 0.1) is 14.2 Å². The van der Waals surface area contributed by atoms with E-state index in [-0.39, 0.29) is 0 Å². The third-order valence-electron chi connectivity index (χ3n) is 2.78. The predicted octanol–water partition coefficient (Wildman–Crippen LogP) is 3.40. The van der Waals surface area contributed by atoms with Crippen molar-refractivity contribution in [1.82, 2.24) is 9.97 Å². The second-order valence-electron chi connectivity index (χ2n) is 4.41. The highest BCUT2D eigenvalue weighted by molar-refractivity contribution is 7.98. The van der Waals surface area contributed by atoms with E-state index in [9.17, 15) is 0 Å². The summed E-state index contributed by atoms with van der Waals surface area (Å²) < 4.78 is 10.5. The highest BCUT2D eigenvalue weighted by Crippen LogP contribution is 2.30. The van der Waals surface area contributed by atoms with Crippen molar-refractivity contribution < 1.29 is 9.47 Å². The van der Waals surface area contributed by atoms with Gasteiger partial charge in [-0.25, -0.2) is 9.97 Å². The molecule has 0 atom stereocenters. The largest absolute Gasteiger partial charge is 0.493 e. The third kappa shape index (κ3) is 3.63. The Labute approximate surface area is 123 Å². The van der Waals surface area contributed by atoms with E-state index in [2.05, 4.69) is 9.97 Å². The van der Waals surface area contributed by atoms with E-state index < -0.39 is 0 Å². The smallest absolute Gasteiger partial charge is 0.188 e. The molecule has 0 radical (unpaired) electrons. The van der Waals surface area contributed by atoms with E-state index in [0.717, 1.165) is 39.4 Å². The van der Waals surface area contributed by atoms with Gasteiger partial charge in [-0.2, -0.15) is 0 Å². The zero-order valence-corrected chi connectivity index (χ0v) is 13.0. The lowest BCUT2D eigenvalue weighted by Crippen LogP contribution is -1.94. The first-order valence-electron chi connectivity index (χ1n) is 6.28. The molecule has 0 fully saturated rings. The number of aromatic nitrogens is 2. The summed E-state index contributed by atoms with van der Waals surface area (Å²) in [5, 5.41) is 0.803. The lowest BCUT2D eigenvalue weighted by Gasteiger charge is -2.09. The van der Waals surface area contributed by atoms with Gasteiger partial charge in [0.2, 0.25) is 0 Å². The van der Waals surface area contributed by atoms with Crippen LogP contribution in [0, 0.1) is 13.8 Å². The molecule has 0 aliphatic carbocycles. The number of thioether (sulfide) groups is 1. The maximum absolute atomic E-state index is 5.30. The van der Waals surface area contributed by atoms with E-state index in [1.807, 2.05) is 38.1 Å². The zero-order valence-electron chi connectivity index (χ0n) is 12.1. The minimum absolute atomic E-state index is 0.740. The molecule has 20 heavy (non-hydrogen) atoms. The Kier molecular flexibility index (Phi) is 4.84. The van der Waals surface area contributed by atoms with Gasteiger partial charge < -0.3 is 9.47 Å². The Morgan fingerprint density at radius 3 is 2.20 bits per heavy atom. The van der Waals surface area contributed by atoms with E-state index in [1.165, 1.54) is 0 Å². The van der Waals surface area contributed by atoms with Crippen LogP contribution in [0.5, 0.6) is 11.5 Å². The van der Waals surface area contributed by atoms with Crippen molar-refractivity contribution in [2.75, 3.05) is 14.2 Å². The highest BCUT2D eigenvalue weighted by Gasteiger charge is 2.06. The minimum Gasteiger partial charge on any atom is -0.493 e. The van der Waals surface area contributed by atoms with Crippen LogP contribution in [0.3, 0.4) is 0 Å². The van der Waals surface area contributed by atoms with Crippen LogP contribution in [0.4, 0.5) is 0 Å². The molecule has 106 valence electrons. The van der Waals surface area contributed by atoms with Crippen LogP contribution >= 0.6 is 11.8 Å². The number of nitrogens with zero attached hydrogens (tertiary/aromatic N) is 2. The Morgan fingerprint density at radius 1 is 0.950 bits per heavy atom. The van der Waals surface area contributed by atoms with Gasteiger partial charge in [0.25, 0.3) is 0 Å². The van der Waals surface area contributed by atoms with Crippen molar-refractivity contribution >= 4 is 11.8 Å². The summed E-state index contributed by atoms with van der Waals surface area (Å²) in [6.45, 7) is 3.96. The molecule has 4 nitrogen and oxygen atoms in total. The number of aryl methyl sites for hydroxylation is 2. The predicted molar refractivity (Wildman–Crippen MR) is 80.6 cm³/mol. The molecule has 2 aromatic rings. The first-order chi connectivity index (χ1) is 9.62. The van der Waals surface area contributed by atoms with Crippen molar-refractivity contribution in [3.05, 3.63) is 41.2 Å². The van der Waals surface area contributed by atoms with Crippen molar-refractivity contribution in [3.63, 3.8) is 0 Å². The summed E-state index contributed by atoms with van der Waals surface area (Å²) in [5.74, 6) is 2.28. The fourth-order valence-corrected chi connectivity index (χ4v) is 2.77. The van der Waals surface area contributed by atoms with Gasteiger partial charge >= 0.3 is 0 Å². The first kappa shape index (κ1) is 14.7. The molecular weight excluding hydrogens is 272 g/mol. The van der Waals surface area contributed by atoms with E-state index in [1.54, 1.807) is 26.0 Å². The number of ether oxygens (including phenoxy) is 2. The fourth-order valence-electron chi connectivity index (χ4n) is 1.88. The van der Waals surface area contributed by atoms with Crippen LogP contribution in [-0.2, 0) is 5.75 Å². The molecule has 0 spiro atoms. The lowest BCUT2D eigenvalue weighted by atomic mass is 10.2. The third-order valence-corrected chi connectivity index (χ3v) is 3.70. The second kappa shape index (κ2) is 6.61. The Balaban J connectivity index is 2.10. The summed E-state index contributed by atoms with van der Waals surface area (Å²) in [4.78, 5) is 8.84. The van der Waals surface area contributed by atoms with Gasteiger partial charge in [-0.15, -0.1) is 0 Å². The molecule has 2 rings (SSSR count). The van der Waals surface area contributed by atoms with Crippen LogP contribution < -0.4 is 9.47 Å². The van der Waals surface area contributed by atoms with E-state index in [4.69, 9.17) is 9.47 Å². The zero-order chi connectivity index (χ0) is 14.5. The molecule has 1 aromatic heterocycles. The number of hydrogen-bond donors (Lipinski definition) is 0. The molecule has 0 unspecified atom stereocenters. The molecule has 0 bridgehead atoms. The SMILES string of the molecule is COc1ccc(CSc2nc(C)cc(C)n2)cc1OC. The van der Waals surface area contributed by atoms with E-state index >= 15 is 0 Å². The van der Waals surface area contributed by atoms with Gasteiger partial charge in [-0.1, -0.05) is 17.8 Å². The summed E-state index contributed by atoms with van der Waals surface area (Å²) in [7, 11) is 3.28. The number of benzene rings is 1. The second-order valence-corrected chi connectivity index (χ2v) is 5.35. The van der Waals surface area contributed by atoms with Crippen LogP contribution in [-0.4, -0.2) is 24.2 Å². The average molecular weight is 290 g/mol. The fraction of sp³-hybridized carbons (Fsp3) is 0.333. The quantitative estimate of drug-likeness (QED) is 0.624. The molecule has 0 aliphatic heterocycles. The summed E-state index contributed by atoms with van der Waals surface area (Å²) >= 11 is 1.62. The van der Waals surface area contributed by atoms with Crippen molar-refractivity contribution in [3.8, 4) is 11.5 Å². The number of hydrogen-bond acceptors (Lipinski definition) is 5. The molecular formula is C15H18N2O2S. The van der Waals surface area contributed by atoms with Crippen LogP contribution in [0.2, 0.25) is 0 Å². The average Bonchev–Trinajstić information content (AvgIpc) is 2.43. The lowest BCUT2D eigenvalue weighted by molar-refractivity contribution is 0.354. The van der Waals surface area contributed by atoms with Crippen LogP contribution in [0.25, 0.3) is 0 Å². The van der Waals surface area contributed by atoms with Gasteiger partial charge in [0.1, 0.15) is 0 Å². The Hall–Kier alpha value is -1.75. The summed E-state index contributed by atoms with van der Waals surface area (Å²) in [6.07, 6.45) is 0. The molecule has 1 heterocycles. The molecule has 1 aromatic carbocycles. The summed E-state index contributed by atoms with van der Waals surface area (Å²) in [6, 6.07) is 7.89. The topological polar surface area (TPSA) is 44.2 Å². The molecule has 0 saturated heterocycles. The van der Waals surface area contributed by atoms with Crippen molar-refractivity contribution in [2.45, 2.75) is 24.8 Å². The maximum Gasteiger partial charge on any atom is 0.188 e. The number of rotatable bonds is 5. The van der Waals surface area contributed by atoms with Gasteiger partial charge in [-0.05, 0) is 37.6 Å². The summed E-state index contributed by atoms with van der Waals surface area (Å²) in [5.41, 5.74) is 3.13. The maximum atomic E-state index is 5.30. The molecule has 0 saturated carbocycles. The van der Waals surface area contributed by atoms with Gasteiger partial charge in [0.15, 0.2) is 16.7 Å². The molecule has 0 amide bonds. The monoisotopic (exact) mass is 290 g/mol. The Morgan fingerprint density at radius 2 is 1.60 bits per heavy atom. The molecule has 0 N–H and O–H groups in total. The van der Waals surface area contributed by atoms with Crippen LogP contribution in [0.15, 0.2) is 29.4 Å². The normalized spacial score (nSPS) is 10.4. The number of methoxy groups -OCH3 is 2. The van der Waals surface area contributed by atoms with Crippen LogP contribution in [0.1, 0.15) is 17.0 Å². The van der Waals surface area contributed by atoms with Gasteiger partial charge in [0, 0.05) is 17.1 Å². The Bertz CT molecular complexity index is 582. The molecule has 0 aliphatic rings. The van der Waals surface area contributed by atoms with E-state index in [0.29, 0.717) is 0 Å². The first-order valence-corrected chi connectivity index (χ1v) is 7.27.